The summed E-state index contributed by atoms with van der Waals surface area (Å²) in [5.74, 6) is 0.828. The van der Waals surface area contributed by atoms with Gasteiger partial charge in [0.05, 0.1) is 17.1 Å². The number of pyridine rings is 1. The Morgan fingerprint density at radius 2 is 2.19 bits per heavy atom. The number of nitrogens with zero attached hydrogens (tertiary/aromatic N) is 6. The first-order valence-electron chi connectivity index (χ1n) is 8.43. The average Bonchev–Trinajstić information content (AvgIpc) is 3.26. The van der Waals surface area contributed by atoms with E-state index in [9.17, 15) is 4.79 Å². The predicted octanol–water partition coefficient (Wildman–Crippen LogP) is 2.90. The summed E-state index contributed by atoms with van der Waals surface area (Å²) in [5.41, 5.74) is 2.68. The van der Waals surface area contributed by atoms with Crippen LogP contribution in [-0.4, -0.2) is 42.7 Å². The number of aromatic amines is 1. The topological polar surface area (TPSA) is 102 Å². The Bertz CT molecular complexity index is 1070. The van der Waals surface area contributed by atoms with Crippen LogP contribution in [0.4, 0.5) is 5.95 Å². The van der Waals surface area contributed by atoms with E-state index in [1.165, 1.54) is 6.33 Å². The molecule has 3 aromatic heterocycles. The van der Waals surface area contributed by atoms with Crippen molar-refractivity contribution in [1.82, 2.24) is 29.7 Å². The molecule has 4 rings (SSSR count). The van der Waals surface area contributed by atoms with Crippen LogP contribution in [0.15, 0.2) is 34.3 Å². The molecule has 0 radical (unpaired) electrons. The molecule has 140 valence electrons. The quantitative estimate of drug-likeness (QED) is 0.635. The second-order valence-electron chi connectivity index (χ2n) is 6.43. The molecular formula is C17H18BrN7O2. The summed E-state index contributed by atoms with van der Waals surface area (Å²) < 4.78 is 8.25. The lowest BCUT2D eigenvalue weighted by molar-refractivity contribution is -0.144. The highest BCUT2D eigenvalue weighted by Gasteiger charge is 2.33. The first kappa shape index (κ1) is 17.7. The highest BCUT2D eigenvalue weighted by atomic mass is 79.9. The van der Waals surface area contributed by atoms with E-state index in [-0.39, 0.29) is 6.04 Å². The van der Waals surface area contributed by atoms with Crippen molar-refractivity contribution in [3.8, 4) is 0 Å². The molecule has 0 saturated heterocycles. The molecule has 1 aliphatic rings. The van der Waals surface area contributed by atoms with Gasteiger partial charge in [-0.25, -0.2) is 19.4 Å². The Morgan fingerprint density at radius 3 is 2.96 bits per heavy atom. The molecule has 1 aliphatic heterocycles. The molecule has 0 fully saturated rings. The molecule has 9 nitrogen and oxygen atoms in total. The lowest BCUT2D eigenvalue weighted by atomic mass is 10.0. The minimum Gasteiger partial charge on any atom is -0.451 e. The second kappa shape index (κ2) is 6.45. The number of esters is 1. The van der Waals surface area contributed by atoms with E-state index in [1.54, 1.807) is 17.8 Å². The van der Waals surface area contributed by atoms with Crippen molar-refractivity contribution in [2.45, 2.75) is 32.9 Å². The van der Waals surface area contributed by atoms with Crippen LogP contribution < -0.4 is 4.90 Å². The molecular weight excluding hydrogens is 414 g/mol. The van der Waals surface area contributed by atoms with Crippen molar-refractivity contribution in [1.29, 1.82) is 0 Å². The summed E-state index contributed by atoms with van der Waals surface area (Å²) in [5, 5.41) is 4.22. The molecule has 0 saturated carbocycles. The van der Waals surface area contributed by atoms with Crippen molar-refractivity contribution in [3.63, 3.8) is 0 Å². The fourth-order valence-electron chi connectivity index (χ4n) is 3.20. The standard InChI is InChI=1S/C17H18BrN7O2/c1-8-13(9(2)25-17(24(8)4)20-7-21-25)16(26)27-10(3)14-22-12-5-11(18)6-19-15(12)23-14/h5-7,9-10H,1-4H3,(H,19,22,23)/t9-,10+/m0/s1. The van der Waals surface area contributed by atoms with Crippen LogP contribution in [0.1, 0.15) is 38.7 Å². The first-order valence-corrected chi connectivity index (χ1v) is 9.22. The number of nitrogens with one attached hydrogen (secondary N) is 1. The molecule has 0 spiro atoms. The van der Waals surface area contributed by atoms with Gasteiger partial charge < -0.3 is 14.6 Å². The van der Waals surface area contributed by atoms with Crippen molar-refractivity contribution >= 4 is 39.0 Å². The zero-order valence-electron chi connectivity index (χ0n) is 15.3. The number of imidazole rings is 1. The van der Waals surface area contributed by atoms with E-state index in [2.05, 4.69) is 41.0 Å². The number of aromatic nitrogens is 6. The fraction of sp³-hybridized carbons (Fsp3) is 0.353. The molecule has 3 aromatic rings. The van der Waals surface area contributed by atoms with Gasteiger partial charge in [-0.3, -0.25) is 0 Å². The van der Waals surface area contributed by atoms with Crippen molar-refractivity contribution in [2.75, 3.05) is 11.9 Å². The molecule has 2 atom stereocenters. The van der Waals surface area contributed by atoms with Gasteiger partial charge in [-0.2, -0.15) is 10.1 Å². The summed E-state index contributed by atoms with van der Waals surface area (Å²) in [4.78, 5) is 30.8. The van der Waals surface area contributed by atoms with E-state index < -0.39 is 12.1 Å². The van der Waals surface area contributed by atoms with Gasteiger partial charge in [-0.15, -0.1) is 0 Å². The smallest absolute Gasteiger partial charge is 0.338 e. The van der Waals surface area contributed by atoms with Gasteiger partial charge in [-0.1, -0.05) is 0 Å². The average molecular weight is 432 g/mol. The third kappa shape index (κ3) is 2.89. The minimum atomic E-state index is -0.555. The van der Waals surface area contributed by atoms with Crippen LogP contribution in [-0.2, 0) is 9.53 Å². The van der Waals surface area contributed by atoms with E-state index in [0.717, 1.165) is 15.7 Å². The zero-order chi connectivity index (χ0) is 19.3. The van der Waals surface area contributed by atoms with Crippen LogP contribution >= 0.6 is 15.9 Å². The number of allylic oxidation sites excluding steroid dienone is 1. The molecule has 0 amide bonds. The van der Waals surface area contributed by atoms with Gasteiger partial charge in [-0.05, 0) is 42.8 Å². The Labute approximate surface area is 163 Å². The number of carbonyl (C=O) groups excluding carboxylic acids is 1. The van der Waals surface area contributed by atoms with E-state index in [1.807, 2.05) is 31.9 Å². The van der Waals surface area contributed by atoms with E-state index >= 15 is 0 Å². The Morgan fingerprint density at radius 1 is 1.41 bits per heavy atom. The largest absolute Gasteiger partial charge is 0.451 e. The lowest BCUT2D eigenvalue weighted by Crippen LogP contribution is -2.33. The second-order valence-corrected chi connectivity index (χ2v) is 7.35. The molecule has 4 heterocycles. The Kier molecular flexibility index (Phi) is 4.22. The number of carbonyl (C=O) groups is 1. The number of halogens is 1. The maximum absolute atomic E-state index is 12.9. The maximum atomic E-state index is 12.9. The summed E-state index contributed by atoms with van der Waals surface area (Å²) in [6.45, 7) is 5.55. The van der Waals surface area contributed by atoms with Gasteiger partial charge >= 0.3 is 5.97 Å². The zero-order valence-corrected chi connectivity index (χ0v) is 16.9. The normalized spacial score (nSPS) is 18.0. The summed E-state index contributed by atoms with van der Waals surface area (Å²) >= 11 is 3.38. The highest BCUT2D eigenvalue weighted by molar-refractivity contribution is 9.10. The Hall–Kier alpha value is -2.75. The van der Waals surface area contributed by atoms with Crippen LogP contribution in [0.2, 0.25) is 0 Å². The number of hydrogen-bond acceptors (Lipinski definition) is 7. The molecule has 1 N–H and O–H groups in total. The van der Waals surface area contributed by atoms with Gasteiger partial charge in [0.1, 0.15) is 12.2 Å². The van der Waals surface area contributed by atoms with Crippen LogP contribution in [0.3, 0.4) is 0 Å². The predicted molar refractivity (Wildman–Crippen MR) is 102 cm³/mol. The number of ether oxygens (including phenoxy) is 1. The third-order valence-corrected chi connectivity index (χ3v) is 5.18. The monoisotopic (exact) mass is 431 g/mol. The number of hydrogen-bond donors (Lipinski definition) is 1. The van der Waals surface area contributed by atoms with E-state index in [4.69, 9.17) is 4.74 Å². The third-order valence-electron chi connectivity index (χ3n) is 4.74. The number of fused-ring (bicyclic) bond motifs is 2. The van der Waals surface area contributed by atoms with Crippen LogP contribution in [0.5, 0.6) is 0 Å². The van der Waals surface area contributed by atoms with Gasteiger partial charge in [0.25, 0.3) is 0 Å². The summed E-state index contributed by atoms with van der Waals surface area (Å²) in [7, 11) is 1.85. The van der Waals surface area contributed by atoms with E-state index in [0.29, 0.717) is 23.0 Å². The SMILES string of the molecule is CC1=C(C(=O)O[C@H](C)c2nc3ncc(Br)cc3[nH]2)[C@H](C)n2ncnc2N1C. The first-order chi connectivity index (χ1) is 12.9. The number of H-pyrrole nitrogens is 1. The van der Waals surface area contributed by atoms with Gasteiger partial charge in [0, 0.05) is 23.4 Å². The van der Waals surface area contributed by atoms with Gasteiger partial charge in [0.15, 0.2) is 11.8 Å². The molecule has 0 unspecified atom stereocenters. The van der Waals surface area contributed by atoms with Gasteiger partial charge in [0.2, 0.25) is 5.95 Å². The number of rotatable bonds is 3. The van der Waals surface area contributed by atoms with Crippen molar-refractivity contribution in [3.05, 3.63) is 40.2 Å². The minimum absolute atomic E-state index is 0.272. The molecule has 27 heavy (non-hydrogen) atoms. The number of anilines is 1. The molecule has 0 aliphatic carbocycles. The summed E-state index contributed by atoms with van der Waals surface area (Å²) in [6, 6.07) is 1.61. The Balaban J connectivity index is 1.60. The van der Waals surface area contributed by atoms with Crippen LogP contribution in [0.25, 0.3) is 11.2 Å². The highest BCUT2D eigenvalue weighted by Crippen LogP contribution is 2.33. The van der Waals surface area contributed by atoms with Crippen LogP contribution in [0, 0.1) is 0 Å². The van der Waals surface area contributed by atoms with Crippen molar-refractivity contribution < 1.29 is 9.53 Å². The van der Waals surface area contributed by atoms with Crippen molar-refractivity contribution in [2.24, 2.45) is 0 Å². The lowest BCUT2D eigenvalue weighted by Gasteiger charge is -2.31. The molecule has 10 heteroatoms. The molecule has 0 aromatic carbocycles. The molecule has 0 bridgehead atoms. The fourth-order valence-corrected chi connectivity index (χ4v) is 3.53. The summed E-state index contributed by atoms with van der Waals surface area (Å²) in [6.07, 6.45) is 2.60. The maximum Gasteiger partial charge on any atom is 0.338 e.